The maximum absolute atomic E-state index is 12.8. The number of nitrogens with one attached hydrogen (secondary N) is 1. The molecule has 4 rings (SSSR count). The van der Waals surface area contributed by atoms with Gasteiger partial charge in [0, 0.05) is 31.4 Å². The van der Waals surface area contributed by atoms with Crippen molar-refractivity contribution in [1.29, 1.82) is 0 Å². The molecule has 1 unspecified atom stereocenters. The van der Waals surface area contributed by atoms with Crippen LogP contribution < -0.4 is 5.32 Å². The Hall–Kier alpha value is -3.19. The van der Waals surface area contributed by atoms with Crippen molar-refractivity contribution in [3.05, 3.63) is 71.4 Å². The van der Waals surface area contributed by atoms with Crippen molar-refractivity contribution in [2.75, 3.05) is 18.4 Å². The fourth-order valence-corrected chi connectivity index (χ4v) is 5.38. The molecule has 0 aliphatic carbocycles. The molecule has 1 fully saturated rings. The summed E-state index contributed by atoms with van der Waals surface area (Å²) in [5.41, 5.74) is 2.35. The molecule has 35 heavy (non-hydrogen) atoms. The zero-order valence-corrected chi connectivity index (χ0v) is 21.3. The molecule has 1 aromatic heterocycles. The highest BCUT2D eigenvalue weighted by Gasteiger charge is 2.34. The number of aromatic nitrogens is 1. The molecule has 0 spiro atoms. The fourth-order valence-electron chi connectivity index (χ4n) is 4.33. The number of carbonyl (C=O) groups excluding carboxylic acids is 1. The number of carbonyl (C=O) groups is 2. The minimum absolute atomic E-state index is 0.0330. The van der Waals surface area contributed by atoms with Crippen LogP contribution in [0.15, 0.2) is 60.8 Å². The van der Waals surface area contributed by atoms with Gasteiger partial charge in [0.05, 0.1) is 15.3 Å². The first-order valence-electron chi connectivity index (χ1n) is 12.1. The number of piperidine rings is 1. The van der Waals surface area contributed by atoms with Gasteiger partial charge >= 0.3 is 12.0 Å². The van der Waals surface area contributed by atoms with Crippen molar-refractivity contribution >= 4 is 29.0 Å². The highest BCUT2D eigenvalue weighted by molar-refractivity contribution is 7.15. The van der Waals surface area contributed by atoms with Crippen LogP contribution in [-0.2, 0) is 11.2 Å². The Labute approximate surface area is 211 Å². The highest BCUT2D eigenvalue weighted by Crippen LogP contribution is 2.34. The Morgan fingerprint density at radius 3 is 2.40 bits per heavy atom. The van der Waals surface area contributed by atoms with E-state index in [1.165, 1.54) is 5.56 Å². The number of urea groups is 1. The summed E-state index contributed by atoms with van der Waals surface area (Å²) in [7, 11) is 0. The van der Waals surface area contributed by atoms with Crippen LogP contribution in [0, 0.1) is 11.3 Å². The number of carboxylic acid groups (broad SMARTS) is 1. The molecule has 1 atom stereocenters. The first-order valence-corrected chi connectivity index (χ1v) is 12.9. The van der Waals surface area contributed by atoms with Gasteiger partial charge in [-0.25, -0.2) is 9.78 Å². The van der Waals surface area contributed by atoms with Crippen LogP contribution in [0.25, 0.3) is 10.4 Å². The van der Waals surface area contributed by atoms with Crippen molar-refractivity contribution in [2.24, 2.45) is 11.3 Å². The summed E-state index contributed by atoms with van der Waals surface area (Å²) in [5.74, 6) is -0.309. The van der Waals surface area contributed by atoms with Gasteiger partial charge in [-0.1, -0.05) is 49.4 Å². The summed E-state index contributed by atoms with van der Waals surface area (Å²) in [6, 6.07) is 18.3. The first kappa shape index (κ1) is 24.9. The molecule has 2 N–H and O–H groups in total. The zero-order valence-electron chi connectivity index (χ0n) is 20.5. The minimum atomic E-state index is -0.803. The Morgan fingerprint density at radius 1 is 1.11 bits per heavy atom. The lowest BCUT2D eigenvalue weighted by Gasteiger charge is -2.32. The maximum Gasteiger partial charge on any atom is 0.321 e. The number of nitrogens with zero attached hydrogens (tertiary/aromatic N) is 2. The lowest BCUT2D eigenvalue weighted by Crippen LogP contribution is -2.40. The van der Waals surface area contributed by atoms with E-state index in [4.69, 9.17) is 0 Å². The summed E-state index contributed by atoms with van der Waals surface area (Å²) in [6.07, 6.45) is 4.42. The molecular formula is C28H33N3O3S. The summed E-state index contributed by atoms with van der Waals surface area (Å²) < 4.78 is 0. The average molecular weight is 492 g/mol. The number of amides is 2. The molecule has 0 radical (unpaired) electrons. The normalized spacial score (nSPS) is 15.6. The van der Waals surface area contributed by atoms with Crippen molar-refractivity contribution < 1.29 is 14.7 Å². The third kappa shape index (κ3) is 5.90. The Balaban J connectivity index is 1.31. The van der Waals surface area contributed by atoms with Crippen molar-refractivity contribution in [2.45, 2.75) is 46.0 Å². The smallest absolute Gasteiger partial charge is 0.321 e. The Kier molecular flexibility index (Phi) is 7.55. The number of likely N-dealkylation sites (tertiary alicyclic amines) is 1. The molecule has 2 heterocycles. The van der Waals surface area contributed by atoms with Gasteiger partial charge in [-0.15, -0.1) is 11.3 Å². The van der Waals surface area contributed by atoms with Crippen molar-refractivity contribution in [3.63, 3.8) is 0 Å². The fraction of sp³-hybridized carbons (Fsp3) is 0.393. The van der Waals surface area contributed by atoms with Crippen LogP contribution in [0.2, 0.25) is 0 Å². The number of thiazole rings is 1. The van der Waals surface area contributed by atoms with Gasteiger partial charge < -0.3 is 15.3 Å². The summed E-state index contributed by atoms with van der Waals surface area (Å²) in [4.78, 5) is 31.7. The Morgan fingerprint density at radius 2 is 1.77 bits per heavy atom. The van der Waals surface area contributed by atoms with Gasteiger partial charge in [0.25, 0.3) is 0 Å². The molecule has 2 amide bonds. The molecule has 7 heteroatoms. The van der Waals surface area contributed by atoms with Crippen LogP contribution in [0.3, 0.4) is 0 Å². The standard InChI is InChI=1S/C28H33N3O3S/c1-19(28(2,3)26(32)33)17-25-29-18-24(35-25)22-9-11-23(12-10-22)30-27(34)31-15-13-21(14-16-31)20-7-5-4-6-8-20/h4-12,18-19,21H,13-17H2,1-3H3,(H,30,34)(H,32,33). The van der Waals surface area contributed by atoms with Gasteiger partial charge in [0.1, 0.15) is 0 Å². The van der Waals surface area contributed by atoms with Crippen LogP contribution in [0.4, 0.5) is 10.5 Å². The highest BCUT2D eigenvalue weighted by atomic mass is 32.1. The lowest BCUT2D eigenvalue weighted by molar-refractivity contribution is -0.149. The van der Waals surface area contributed by atoms with E-state index in [9.17, 15) is 14.7 Å². The van der Waals surface area contributed by atoms with Crippen LogP contribution in [-0.4, -0.2) is 40.1 Å². The number of hydrogen-bond donors (Lipinski definition) is 2. The monoisotopic (exact) mass is 491 g/mol. The van der Waals surface area contributed by atoms with Gasteiger partial charge in [-0.3, -0.25) is 4.79 Å². The van der Waals surface area contributed by atoms with Crippen LogP contribution in [0.1, 0.15) is 50.1 Å². The topological polar surface area (TPSA) is 82.5 Å². The average Bonchev–Trinajstić information content (AvgIpc) is 3.33. The van der Waals surface area contributed by atoms with E-state index in [-0.39, 0.29) is 11.9 Å². The molecular weight excluding hydrogens is 458 g/mol. The van der Waals surface area contributed by atoms with E-state index >= 15 is 0 Å². The minimum Gasteiger partial charge on any atom is -0.481 e. The van der Waals surface area contributed by atoms with E-state index in [1.807, 2.05) is 48.4 Å². The summed E-state index contributed by atoms with van der Waals surface area (Å²) in [6.45, 7) is 6.98. The Bertz CT molecular complexity index is 1150. The molecule has 1 aliphatic heterocycles. The van der Waals surface area contributed by atoms with Crippen molar-refractivity contribution in [1.82, 2.24) is 9.88 Å². The third-order valence-electron chi connectivity index (χ3n) is 7.29. The second-order valence-corrected chi connectivity index (χ2v) is 11.0. The number of anilines is 1. The van der Waals surface area contributed by atoms with Crippen LogP contribution >= 0.6 is 11.3 Å². The summed E-state index contributed by atoms with van der Waals surface area (Å²) >= 11 is 1.58. The predicted molar refractivity (Wildman–Crippen MR) is 141 cm³/mol. The van der Waals surface area contributed by atoms with E-state index < -0.39 is 11.4 Å². The number of carboxylic acids is 1. The molecule has 1 saturated heterocycles. The molecule has 0 saturated carbocycles. The van der Waals surface area contributed by atoms with Gasteiger partial charge in [-0.2, -0.15) is 0 Å². The number of aliphatic carboxylic acids is 1. The lowest BCUT2D eigenvalue weighted by atomic mass is 9.78. The third-order valence-corrected chi connectivity index (χ3v) is 8.36. The zero-order chi connectivity index (χ0) is 25.0. The number of hydrogen-bond acceptors (Lipinski definition) is 4. The predicted octanol–water partition coefficient (Wildman–Crippen LogP) is 6.51. The molecule has 2 aromatic carbocycles. The molecule has 3 aromatic rings. The second kappa shape index (κ2) is 10.6. The number of rotatable bonds is 7. The van der Waals surface area contributed by atoms with E-state index in [0.717, 1.165) is 47.1 Å². The second-order valence-electron chi connectivity index (χ2n) is 9.93. The van der Waals surface area contributed by atoms with E-state index in [0.29, 0.717) is 12.3 Å². The SMILES string of the molecule is CC(Cc1ncc(-c2ccc(NC(=O)N3CCC(c4ccccc4)CC3)cc2)s1)C(C)(C)C(=O)O. The molecule has 0 bridgehead atoms. The largest absolute Gasteiger partial charge is 0.481 e. The van der Waals surface area contributed by atoms with Crippen LogP contribution in [0.5, 0.6) is 0 Å². The van der Waals surface area contributed by atoms with E-state index in [1.54, 1.807) is 25.2 Å². The quantitative estimate of drug-likeness (QED) is 0.395. The first-order chi connectivity index (χ1) is 16.7. The summed E-state index contributed by atoms with van der Waals surface area (Å²) in [5, 5.41) is 13.4. The van der Waals surface area contributed by atoms with Gasteiger partial charge in [0.15, 0.2) is 0 Å². The van der Waals surface area contributed by atoms with Gasteiger partial charge in [-0.05, 0) is 61.8 Å². The molecule has 1 aliphatic rings. The number of benzene rings is 2. The molecule has 184 valence electrons. The van der Waals surface area contributed by atoms with Crippen molar-refractivity contribution in [3.8, 4) is 10.4 Å². The maximum atomic E-state index is 12.8. The van der Waals surface area contributed by atoms with Gasteiger partial charge in [0.2, 0.25) is 0 Å². The van der Waals surface area contributed by atoms with E-state index in [2.05, 4.69) is 34.6 Å². The molecule has 6 nitrogen and oxygen atoms in total.